The number of aliphatic hydroxyl groups is 3. The van der Waals surface area contributed by atoms with Crippen molar-refractivity contribution in [1.29, 1.82) is 0 Å². The van der Waals surface area contributed by atoms with Gasteiger partial charge < -0.3 is 25.0 Å². The molecule has 3 heterocycles. The highest BCUT2D eigenvalue weighted by molar-refractivity contribution is 5.70. The maximum absolute atomic E-state index is 11.8. The molecule has 1 fully saturated rings. The Bertz CT molecular complexity index is 739. The molecule has 0 radical (unpaired) electrons. The van der Waals surface area contributed by atoms with Crippen molar-refractivity contribution in [3.05, 3.63) is 29.1 Å². The summed E-state index contributed by atoms with van der Waals surface area (Å²) in [5.74, 6) is 0.251. The minimum absolute atomic E-state index is 0.0818. The summed E-state index contributed by atoms with van der Waals surface area (Å²) < 4.78 is 6.74. The highest BCUT2D eigenvalue weighted by Crippen LogP contribution is 2.30. The first-order chi connectivity index (χ1) is 10.1. The Morgan fingerprint density at radius 2 is 2.24 bits per heavy atom. The molecule has 0 spiro atoms. The molecule has 0 bridgehead atoms. The second-order valence-corrected chi connectivity index (χ2v) is 4.71. The predicted molar refractivity (Wildman–Crippen MR) is 71.2 cm³/mol. The van der Waals surface area contributed by atoms with Crippen LogP contribution in [-0.2, 0) is 4.74 Å². The predicted octanol–water partition coefficient (Wildman–Crippen LogP) is -1.63. The van der Waals surface area contributed by atoms with Crippen molar-refractivity contribution in [1.82, 2.24) is 19.5 Å². The van der Waals surface area contributed by atoms with Gasteiger partial charge in [0.2, 0.25) is 0 Å². The van der Waals surface area contributed by atoms with Crippen molar-refractivity contribution in [2.24, 2.45) is 0 Å². The second kappa shape index (κ2) is 5.04. The SMILES string of the molecule is C=Cc1nc2c(ncn2[C@@H]2O[C@H](CO)[C@H](O)[C@H]2O)c(=O)[nH]1. The average molecular weight is 294 g/mol. The molecule has 1 aliphatic heterocycles. The summed E-state index contributed by atoms with van der Waals surface area (Å²) in [6, 6.07) is 0. The molecule has 112 valence electrons. The number of aromatic nitrogens is 4. The highest BCUT2D eigenvalue weighted by atomic mass is 16.6. The van der Waals surface area contributed by atoms with Crippen LogP contribution in [0.1, 0.15) is 12.1 Å². The van der Waals surface area contributed by atoms with Crippen LogP contribution in [0.15, 0.2) is 17.7 Å². The van der Waals surface area contributed by atoms with Gasteiger partial charge in [0, 0.05) is 0 Å². The number of nitrogens with one attached hydrogen (secondary N) is 1. The molecule has 1 aliphatic rings. The Labute approximate surface area is 118 Å². The van der Waals surface area contributed by atoms with E-state index in [1.807, 2.05) is 0 Å². The fourth-order valence-electron chi connectivity index (χ4n) is 2.34. The van der Waals surface area contributed by atoms with E-state index < -0.39 is 36.7 Å². The van der Waals surface area contributed by atoms with Gasteiger partial charge in [-0.3, -0.25) is 9.36 Å². The molecule has 9 nitrogen and oxygen atoms in total. The van der Waals surface area contributed by atoms with E-state index in [1.165, 1.54) is 17.0 Å². The summed E-state index contributed by atoms with van der Waals surface area (Å²) in [4.78, 5) is 22.4. The van der Waals surface area contributed by atoms with Crippen LogP contribution in [0.2, 0.25) is 0 Å². The summed E-state index contributed by atoms with van der Waals surface area (Å²) >= 11 is 0. The first kappa shape index (κ1) is 13.9. The molecule has 4 atom stereocenters. The van der Waals surface area contributed by atoms with Crippen LogP contribution >= 0.6 is 0 Å². The lowest BCUT2D eigenvalue weighted by Crippen LogP contribution is -2.33. The summed E-state index contributed by atoms with van der Waals surface area (Å²) in [5, 5.41) is 28.9. The molecule has 0 saturated carbocycles. The molecule has 0 unspecified atom stereocenters. The third-order valence-electron chi connectivity index (χ3n) is 3.44. The van der Waals surface area contributed by atoms with E-state index in [1.54, 1.807) is 0 Å². The number of imidazole rings is 1. The standard InChI is InChI=1S/C12H14N4O5/c1-2-6-14-10-7(11(20)15-6)13-4-16(10)12-9(19)8(18)5(3-17)21-12/h2,4-5,8-9,12,17-19H,1,3H2,(H,14,15,20)/t5-,8+,9-,12-/m1/s1. The van der Waals surface area contributed by atoms with Crippen molar-refractivity contribution >= 4 is 17.2 Å². The molecule has 21 heavy (non-hydrogen) atoms. The quantitative estimate of drug-likeness (QED) is 0.534. The van der Waals surface area contributed by atoms with Crippen LogP contribution in [0.3, 0.4) is 0 Å². The van der Waals surface area contributed by atoms with E-state index >= 15 is 0 Å². The molecule has 1 saturated heterocycles. The largest absolute Gasteiger partial charge is 0.394 e. The van der Waals surface area contributed by atoms with Gasteiger partial charge in [0.15, 0.2) is 17.4 Å². The topological polar surface area (TPSA) is 133 Å². The van der Waals surface area contributed by atoms with Gasteiger partial charge in [-0.15, -0.1) is 0 Å². The molecular weight excluding hydrogens is 280 g/mol. The van der Waals surface area contributed by atoms with Crippen molar-refractivity contribution in [3.63, 3.8) is 0 Å². The lowest BCUT2D eigenvalue weighted by atomic mass is 10.1. The Morgan fingerprint density at radius 3 is 2.86 bits per heavy atom. The molecule has 2 aromatic rings. The fraction of sp³-hybridized carbons (Fsp3) is 0.417. The molecule has 9 heteroatoms. The number of rotatable bonds is 3. The number of hydrogen-bond donors (Lipinski definition) is 4. The molecule has 0 amide bonds. The van der Waals surface area contributed by atoms with Gasteiger partial charge in [0.1, 0.15) is 24.1 Å². The number of nitrogens with zero attached hydrogens (tertiary/aromatic N) is 3. The zero-order chi connectivity index (χ0) is 15.1. The minimum atomic E-state index is -1.27. The van der Waals surface area contributed by atoms with Crippen molar-refractivity contribution in [3.8, 4) is 0 Å². The van der Waals surface area contributed by atoms with E-state index in [-0.39, 0.29) is 17.0 Å². The lowest BCUT2D eigenvalue weighted by Gasteiger charge is -2.16. The van der Waals surface area contributed by atoms with E-state index in [9.17, 15) is 15.0 Å². The van der Waals surface area contributed by atoms with E-state index in [0.717, 1.165) is 0 Å². The van der Waals surface area contributed by atoms with Crippen molar-refractivity contribution in [2.75, 3.05) is 6.61 Å². The first-order valence-electron chi connectivity index (χ1n) is 6.28. The maximum atomic E-state index is 11.8. The number of fused-ring (bicyclic) bond motifs is 1. The Morgan fingerprint density at radius 1 is 1.48 bits per heavy atom. The van der Waals surface area contributed by atoms with E-state index in [0.29, 0.717) is 0 Å². The molecule has 4 N–H and O–H groups in total. The van der Waals surface area contributed by atoms with Gasteiger partial charge in [-0.1, -0.05) is 6.58 Å². The van der Waals surface area contributed by atoms with Gasteiger partial charge >= 0.3 is 0 Å². The van der Waals surface area contributed by atoms with E-state index in [4.69, 9.17) is 9.84 Å². The highest BCUT2D eigenvalue weighted by Gasteiger charge is 2.44. The molecule has 3 rings (SSSR count). The minimum Gasteiger partial charge on any atom is -0.394 e. The number of ether oxygens (including phenoxy) is 1. The van der Waals surface area contributed by atoms with Crippen LogP contribution < -0.4 is 5.56 Å². The normalized spacial score (nSPS) is 29.1. The summed E-state index contributed by atoms with van der Waals surface area (Å²) in [5.41, 5.74) is -0.165. The Hall–Kier alpha value is -2.07. The van der Waals surface area contributed by atoms with Gasteiger partial charge in [-0.05, 0) is 6.08 Å². The fourth-order valence-corrected chi connectivity index (χ4v) is 2.34. The van der Waals surface area contributed by atoms with Crippen LogP contribution in [0.4, 0.5) is 0 Å². The number of H-pyrrole nitrogens is 1. The monoisotopic (exact) mass is 294 g/mol. The van der Waals surface area contributed by atoms with Gasteiger partial charge in [-0.2, -0.15) is 0 Å². The zero-order valence-electron chi connectivity index (χ0n) is 10.9. The zero-order valence-corrected chi connectivity index (χ0v) is 10.9. The Balaban J connectivity index is 2.11. The molecular formula is C12H14N4O5. The summed E-state index contributed by atoms with van der Waals surface area (Å²) in [7, 11) is 0. The third-order valence-corrected chi connectivity index (χ3v) is 3.44. The molecule has 2 aromatic heterocycles. The van der Waals surface area contributed by atoms with Crippen LogP contribution in [-0.4, -0.2) is 59.8 Å². The maximum Gasteiger partial charge on any atom is 0.279 e. The van der Waals surface area contributed by atoms with Crippen molar-refractivity contribution in [2.45, 2.75) is 24.5 Å². The molecule has 0 aliphatic carbocycles. The van der Waals surface area contributed by atoms with Crippen LogP contribution in [0.5, 0.6) is 0 Å². The Kier molecular flexibility index (Phi) is 3.33. The second-order valence-electron chi connectivity index (χ2n) is 4.71. The third kappa shape index (κ3) is 2.07. The smallest absolute Gasteiger partial charge is 0.279 e. The van der Waals surface area contributed by atoms with Gasteiger partial charge in [-0.25, -0.2) is 9.97 Å². The lowest BCUT2D eigenvalue weighted by molar-refractivity contribution is -0.0511. The summed E-state index contributed by atoms with van der Waals surface area (Å²) in [6.45, 7) is 3.09. The molecule has 0 aromatic carbocycles. The van der Waals surface area contributed by atoms with Gasteiger partial charge in [0.25, 0.3) is 5.56 Å². The number of aliphatic hydroxyl groups excluding tert-OH is 3. The van der Waals surface area contributed by atoms with E-state index in [2.05, 4.69) is 21.5 Å². The number of hydrogen-bond acceptors (Lipinski definition) is 7. The van der Waals surface area contributed by atoms with Crippen LogP contribution in [0, 0.1) is 0 Å². The van der Waals surface area contributed by atoms with Crippen molar-refractivity contribution < 1.29 is 20.1 Å². The van der Waals surface area contributed by atoms with Crippen LogP contribution in [0.25, 0.3) is 17.2 Å². The first-order valence-corrected chi connectivity index (χ1v) is 6.28. The number of aromatic amines is 1. The summed E-state index contributed by atoms with van der Waals surface area (Å²) in [6.07, 6.45) is -1.75. The van der Waals surface area contributed by atoms with Gasteiger partial charge in [0.05, 0.1) is 12.9 Å². The average Bonchev–Trinajstić information content (AvgIpc) is 3.02.